The SMILES string of the molecule is CC(c1cccc([N+](=O)[O-])c1)N(C)S(=O)(=O)c1ccc2c(c1)CCC(=O)N2. The predicted octanol–water partition coefficient (Wildman–Crippen LogP) is 2.86. The van der Waals surface area contributed by atoms with E-state index < -0.39 is 21.0 Å². The fourth-order valence-corrected chi connectivity index (χ4v) is 4.40. The summed E-state index contributed by atoms with van der Waals surface area (Å²) in [7, 11) is -2.37. The Bertz CT molecular complexity index is 1020. The third-order valence-corrected chi connectivity index (χ3v) is 6.68. The Labute approximate surface area is 157 Å². The van der Waals surface area contributed by atoms with Gasteiger partial charge in [-0.3, -0.25) is 14.9 Å². The van der Waals surface area contributed by atoms with Crippen molar-refractivity contribution >= 4 is 27.3 Å². The molecule has 142 valence electrons. The first-order valence-electron chi connectivity index (χ1n) is 8.35. The summed E-state index contributed by atoms with van der Waals surface area (Å²) in [5, 5.41) is 13.7. The van der Waals surface area contributed by atoms with E-state index >= 15 is 0 Å². The zero-order valence-electron chi connectivity index (χ0n) is 14.9. The van der Waals surface area contributed by atoms with E-state index in [4.69, 9.17) is 0 Å². The van der Waals surface area contributed by atoms with Crippen LogP contribution in [0, 0.1) is 10.1 Å². The molecule has 1 aliphatic rings. The van der Waals surface area contributed by atoms with Crippen LogP contribution < -0.4 is 5.32 Å². The van der Waals surface area contributed by atoms with Crippen LogP contribution in [0.1, 0.15) is 30.5 Å². The Kier molecular flexibility index (Phi) is 4.99. The number of carbonyl (C=O) groups excluding carboxylic acids is 1. The topological polar surface area (TPSA) is 110 Å². The summed E-state index contributed by atoms with van der Waals surface area (Å²) in [4.78, 5) is 22.0. The molecule has 1 amide bonds. The van der Waals surface area contributed by atoms with Crippen molar-refractivity contribution in [3.05, 3.63) is 63.7 Å². The molecule has 2 aromatic rings. The first kappa shape index (κ1) is 19.0. The average Bonchev–Trinajstić information content (AvgIpc) is 2.66. The zero-order valence-corrected chi connectivity index (χ0v) is 15.7. The number of sulfonamides is 1. The van der Waals surface area contributed by atoms with Crippen LogP contribution in [-0.2, 0) is 21.2 Å². The molecule has 1 N–H and O–H groups in total. The molecule has 1 unspecified atom stereocenters. The van der Waals surface area contributed by atoms with Crippen molar-refractivity contribution in [1.82, 2.24) is 4.31 Å². The maximum atomic E-state index is 13.0. The number of aryl methyl sites for hydroxylation is 1. The molecule has 1 heterocycles. The molecule has 0 fully saturated rings. The van der Waals surface area contributed by atoms with Crippen molar-refractivity contribution in [2.24, 2.45) is 0 Å². The van der Waals surface area contributed by atoms with Crippen LogP contribution in [0.15, 0.2) is 47.4 Å². The number of benzene rings is 2. The van der Waals surface area contributed by atoms with E-state index in [-0.39, 0.29) is 16.5 Å². The van der Waals surface area contributed by atoms with E-state index in [1.807, 2.05) is 0 Å². The van der Waals surface area contributed by atoms with Gasteiger partial charge < -0.3 is 5.32 Å². The molecule has 9 heteroatoms. The number of nitrogens with zero attached hydrogens (tertiary/aromatic N) is 2. The molecule has 27 heavy (non-hydrogen) atoms. The number of amides is 1. The summed E-state index contributed by atoms with van der Waals surface area (Å²) in [5.74, 6) is -0.0884. The summed E-state index contributed by atoms with van der Waals surface area (Å²) in [6.45, 7) is 1.68. The molecule has 0 saturated heterocycles. The largest absolute Gasteiger partial charge is 0.326 e. The number of nitro benzene ring substituents is 1. The molecular weight excluding hydrogens is 370 g/mol. The maximum absolute atomic E-state index is 13.0. The number of hydrogen-bond donors (Lipinski definition) is 1. The van der Waals surface area contributed by atoms with Crippen LogP contribution in [0.2, 0.25) is 0 Å². The minimum absolute atomic E-state index is 0.0883. The third-order valence-electron chi connectivity index (χ3n) is 4.76. The monoisotopic (exact) mass is 389 g/mol. The number of carbonyl (C=O) groups is 1. The molecule has 3 rings (SSSR count). The molecule has 1 aliphatic heterocycles. The number of non-ortho nitro benzene ring substituents is 1. The van der Waals surface area contributed by atoms with E-state index in [0.717, 1.165) is 5.56 Å². The summed E-state index contributed by atoms with van der Waals surface area (Å²) >= 11 is 0. The van der Waals surface area contributed by atoms with Gasteiger partial charge in [-0.15, -0.1) is 0 Å². The van der Waals surface area contributed by atoms with Gasteiger partial charge in [0.25, 0.3) is 5.69 Å². The van der Waals surface area contributed by atoms with Gasteiger partial charge >= 0.3 is 0 Å². The Morgan fingerprint density at radius 3 is 2.63 bits per heavy atom. The van der Waals surface area contributed by atoms with Gasteiger partial charge in [-0.2, -0.15) is 4.31 Å². The van der Waals surface area contributed by atoms with E-state index in [1.165, 1.54) is 35.6 Å². The standard InChI is InChI=1S/C18H19N3O5S/c1-12(13-4-3-5-15(10-13)21(23)24)20(2)27(25,26)16-7-8-17-14(11-16)6-9-18(22)19-17/h3-5,7-8,10-12H,6,9H2,1-2H3,(H,19,22). The highest BCUT2D eigenvalue weighted by atomic mass is 32.2. The van der Waals surface area contributed by atoms with Gasteiger partial charge in [0.2, 0.25) is 15.9 Å². The summed E-state index contributed by atoms with van der Waals surface area (Å²) in [6, 6.07) is 9.95. The summed E-state index contributed by atoms with van der Waals surface area (Å²) < 4.78 is 27.2. The van der Waals surface area contributed by atoms with Crippen LogP contribution in [-0.4, -0.2) is 30.6 Å². The number of nitro groups is 1. The van der Waals surface area contributed by atoms with Crippen LogP contribution in [0.4, 0.5) is 11.4 Å². The highest BCUT2D eigenvalue weighted by Crippen LogP contribution is 2.31. The lowest BCUT2D eigenvalue weighted by molar-refractivity contribution is -0.384. The Morgan fingerprint density at radius 1 is 1.19 bits per heavy atom. The molecule has 2 aromatic carbocycles. The molecule has 0 spiro atoms. The maximum Gasteiger partial charge on any atom is 0.269 e. The first-order valence-corrected chi connectivity index (χ1v) is 9.79. The lowest BCUT2D eigenvalue weighted by Gasteiger charge is -2.25. The average molecular weight is 389 g/mol. The van der Waals surface area contributed by atoms with Crippen LogP contribution in [0.5, 0.6) is 0 Å². The molecule has 0 saturated carbocycles. The van der Waals surface area contributed by atoms with Gasteiger partial charge in [-0.1, -0.05) is 12.1 Å². The molecule has 0 bridgehead atoms. The minimum atomic E-state index is -3.82. The van der Waals surface area contributed by atoms with Crippen molar-refractivity contribution in [2.45, 2.75) is 30.7 Å². The van der Waals surface area contributed by atoms with Crippen LogP contribution in [0.3, 0.4) is 0 Å². The third kappa shape index (κ3) is 3.69. The van der Waals surface area contributed by atoms with Crippen molar-refractivity contribution in [2.75, 3.05) is 12.4 Å². The van der Waals surface area contributed by atoms with Gasteiger partial charge in [0, 0.05) is 37.3 Å². The molecule has 1 atom stereocenters. The van der Waals surface area contributed by atoms with Crippen LogP contribution in [0.25, 0.3) is 0 Å². The van der Waals surface area contributed by atoms with E-state index in [0.29, 0.717) is 24.1 Å². The molecular formula is C18H19N3O5S. The number of fused-ring (bicyclic) bond motifs is 1. The van der Waals surface area contributed by atoms with Crippen LogP contribution >= 0.6 is 0 Å². The predicted molar refractivity (Wildman–Crippen MR) is 99.9 cm³/mol. The van der Waals surface area contributed by atoms with Gasteiger partial charge in [-0.25, -0.2) is 8.42 Å². The lowest BCUT2D eigenvalue weighted by atomic mass is 10.0. The Hall–Kier alpha value is -2.78. The fraction of sp³-hybridized carbons (Fsp3) is 0.278. The van der Waals surface area contributed by atoms with Gasteiger partial charge in [0.1, 0.15) is 0 Å². The number of nitrogens with one attached hydrogen (secondary N) is 1. The highest BCUT2D eigenvalue weighted by molar-refractivity contribution is 7.89. The van der Waals surface area contributed by atoms with Gasteiger partial charge in [0.05, 0.1) is 9.82 Å². The number of rotatable bonds is 5. The number of hydrogen-bond acceptors (Lipinski definition) is 5. The van der Waals surface area contributed by atoms with E-state index in [2.05, 4.69) is 5.32 Å². The van der Waals surface area contributed by atoms with Crippen molar-refractivity contribution in [3.8, 4) is 0 Å². The normalized spacial score (nSPS) is 15.1. The smallest absolute Gasteiger partial charge is 0.269 e. The zero-order chi connectivity index (χ0) is 19.8. The second kappa shape index (κ2) is 7.09. The summed E-state index contributed by atoms with van der Waals surface area (Å²) in [5.41, 5.74) is 1.84. The first-order chi connectivity index (χ1) is 12.7. The molecule has 0 aromatic heterocycles. The minimum Gasteiger partial charge on any atom is -0.326 e. The van der Waals surface area contributed by atoms with Crippen molar-refractivity contribution in [3.63, 3.8) is 0 Å². The van der Waals surface area contributed by atoms with Gasteiger partial charge in [-0.05, 0) is 42.7 Å². The van der Waals surface area contributed by atoms with E-state index in [9.17, 15) is 23.3 Å². The highest BCUT2D eigenvalue weighted by Gasteiger charge is 2.28. The Morgan fingerprint density at radius 2 is 1.93 bits per heavy atom. The fourth-order valence-electron chi connectivity index (χ4n) is 3.00. The molecule has 0 aliphatic carbocycles. The van der Waals surface area contributed by atoms with Crippen molar-refractivity contribution in [1.29, 1.82) is 0 Å². The van der Waals surface area contributed by atoms with Gasteiger partial charge in [0.15, 0.2) is 0 Å². The molecule has 8 nitrogen and oxygen atoms in total. The molecule has 0 radical (unpaired) electrons. The lowest BCUT2D eigenvalue weighted by Crippen LogP contribution is -2.30. The second-order valence-electron chi connectivity index (χ2n) is 6.42. The summed E-state index contributed by atoms with van der Waals surface area (Å²) in [6.07, 6.45) is 0.797. The Balaban J connectivity index is 1.91. The number of anilines is 1. The van der Waals surface area contributed by atoms with Crippen molar-refractivity contribution < 1.29 is 18.1 Å². The quantitative estimate of drug-likeness (QED) is 0.625. The second-order valence-corrected chi connectivity index (χ2v) is 8.41. The van der Waals surface area contributed by atoms with E-state index in [1.54, 1.807) is 25.1 Å².